The van der Waals surface area contributed by atoms with E-state index in [0.29, 0.717) is 5.92 Å². The van der Waals surface area contributed by atoms with Crippen molar-refractivity contribution in [2.75, 3.05) is 0 Å². The quantitative estimate of drug-likeness (QED) is 0.314. The van der Waals surface area contributed by atoms with Crippen molar-refractivity contribution in [1.29, 1.82) is 0 Å². The van der Waals surface area contributed by atoms with Crippen molar-refractivity contribution in [1.82, 2.24) is 0 Å². The van der Waals surface area contributed by atoms with Crippen LogP contribution in [0.2, 0.25) is 0 Å². The number of rotatable bonds is 6. The van der Waals surface area contributed by atoms with Crippen LogP contribution in [0.3, 0.4) is 0 Å². The first kappa shape index (κ1) is 31.4. The Balaban J connectivity index is 0.000000355. The van der Waals surface area contributed by atoms with E-state index in [1.807, 2.05) is 40.7 Å². The van der Waals surface area contributed by atoms with Crippen molar-refractivity contribution in [2.24, 2.45) is 22.7 Å². The summed E-state index contributed by atoms with van der Waals surface area (Å²) in [5.41, 5.74) is -2.46. The van der Waals surface area contributed by atoms with E-state index in [4.69, 9.17) is 9.47 Å². The van der Waals surface area contributed by atoms with Crippen molar-refractivity contribution in [3.05, 3.63) is 25.3 Å². The lowest BCUT2D eigenvalue weighted by Crippen LogP contribution is -2.55. The molecule has 0 bridgehead atoms. The number of carbonyl (C=O) groups is 2. The monoisotopic (exact) mass is 492 g/mol. The topological polar surface area (TPSA) is 72.8 Å². The average Bonchev–Trinajstić information content (AvgIpc) is 2.74. The van der Waals surface area contributed by atoms with Gasteiger partial charge in [0.25, 0.3) is 0 Å². The van der Waals surface area contributed by atoms with Gasteiger partial charge in [-0.2, -0.15) is 0 Å². The molecule has 0 saturated heterocycles. The standard InChI is InChI=1S/C16H28O3.C14H24O2/c1-7-15(6)10-8-9-12(2)16(15,18)11-13(17)19-14(3,4)5;1-6-13(5)10-8-9-11(3)14(13,7-2)16-12(4)15/h7,12,18H,1,8-11H2,2-6H3;6,11H,1,7-10H2,2-5H3/t12-,15-,16-;11-,13-,14-/m11/s1. The second-order valence-electron chi connectivity index (χ2n) is 12.4. The van der Waals surface area contributed by atoms with Crippen LogP contribution in [0.25, 0.3) is 0 Å². The molecule has 2 rings (SSSR count). The van der Waals surface area contributed by atoms with Crippen LogP contribution in [0.5, 0.6) is 0 Å². The second-order valence-corrected chi connectivity index (χ2v) is 12.4. The second kappa shape index (κ2) is 11.6. The SMILES string of the molecule is C=C[C@]1(C)CCC[C@@H](C)[C@@]1(CC)OC(C)=O.C=C[C@]1(C)CCC[C@@H](C)[C@]1(O)CC(=O)OC(C)(C)C. The Labute approximate surface area is 214 Å². The Bertz CT molecular complexity index is 767. The zero-order chi connectivity index (χ0) is 27.3. The molecule has 2 aliphatic rings. The molecule has 0 radical (unpaired) electrons. The fraction of sp³-hybridized carbons (Fsp3) is 0.800. The maximum absolute atomic E-state index is 12.1. The third-order valence-corrected chi connectivity index (χ3v) is 8.82. The van der Waals surface area contributed by atoms with Gasteiger partial charge in [-0.15, -0.1) is 13.2 Å². The van der Waals surface area contributed by atoms with Gasteiger partial charge < -0.3 is 14.6 Å². The van der Waals surface area contributed by atoms with Crippen LogP contribution in [0, 0.1) is 22.7 Å². The molecule has 202 valence electrons. The molecular weight excluding hydrogens is 440 g/mol. The number of hydrogen-bond acceptors (Lipinski definition) is 5. The van der Waals surface area contributed by atoms with Gasteiger partial charge in [0.15, 0.2) is 0 Å². The molecule has 5 nitrogen and oxygen atoms in total. The number of hydrogen-bond donors (Lipinski definition) is 1. The lowest BCUT2D eigenvalue weighted by molar-refractivity contribution is -0.188. The van der Waals surface area contributed by atoms with Crippen LogP contribution in [-0.2, 0) is 19.1 Å². The summed E-state index contributed by atoms with van der Waals surface area (Å²) < 4.78 is 11.1. The van der Waals surface area contributed by atoms with Crippen LogP contribution in [0.1, 0.15) is 114 Å². The van der Waals surface area contributed by atoms with Crippen LogP contribution < -0.4 is 0 Å². The van der Waals surface area contributed by atoms with Gasteiger partial charge in [0, 0.05) is 17.8 Å². The Hall–Kier alpha value is -1.62. The highest BCUT2D eigenvalue weighted by molar-refractivity contribution is 5.71. The minimum atomic E-state index is -1.06. The minimum Gasteiger partial charge on any atom is -0.460 e. The van der Waals surface area contributed by atoms with E-state index in [1.165, 1.54) is 13.3 Å². The fourth-order valence-corrected chi connectivity index (χ4v) is 6.40. The van der Waals surface area contributed by atoms with Crippen molar-refractivity contribution >= 4 is 11.9 Å². The van der Waals surface area contributed by atoms with Gasteiger partial charge in [-0.05, 0) is 64.7 Å². The molecule has 1 N–H and O–H groups in total. The first-order chi connectivity index (χ1) is 16.0. The van der Waals surface area contributed by atoms with Gasteiger partial charge in [-0.1, -0.05) is 59.6 Å². The van der Waals surface area contributed by atoms with Crippen molar-refractivity contribution < 1.29 is 24.2 Å². The molecule has 0 amide bonds. The molecule has 0 spiro atoms. The summed E-state index contributed by atoms with van der Waals surface area (Å²) in [7, 11) is 0. The lowest BCUT2D eigenvalue weighted by atomic mass is 9.58. The fourth-order valence-electron chi connectivity index (χ4n) is 6.40. The molecule has 6 atom stereocenters. The average molecular weight is 493 g/mol. The van der Waals surface area contributed by atoms with E-state index in [-0.39, 0.29) is 35.3 Å². The molecule has 0 aromatic heterocycles. The molecule has 0 heterocycles. The smallest absolute Gasteiger partial charge is 0.309 e. The van der Waals surface area contributed by atoms with Crippen molar-refractivity contribution in [3.63, 3.8) is 0 Å². The molecular formula is C30H52O5. The van der Waals surface area contributed by atoms with Crippen LogP contribution in [-0.4, -0.2) is 33.8 Å². The van der Waals surface area contributed by atoms with Gasteiger partial charge in [-0.3, -0.25) is 9.59 Å². The third kappa shape index (κ3) is 6.78. The number of carbonyl (C=O) groups excluding carboxylic acids is 2. The first-order valence-electron chi connectivity index (χ1n) is 13.4. The maximum Gasteiger partial charge on any atom is 0.309 e. The molecule has 0 aromatic rings. The molecule has 2 saturated carbocycles. The zero-order valence-electron chi connectivity index (χ0n) is 24.0. The van der Waals surface area contributed by atoms with E-state index in [9.17, 15) is 14.7 Å². The summed E-state index contributed by atoms with van der Waals surface area (Å²) in [6.07, 6.45) is 10.9. The molecule has 0 aromatic carbocycles. The van der Waals surface area contributed by atoms with Gasteiger partial charge in [0.05, 0.1) is 12.0 Å². The Morgan fingerprint density at radius 1 is 1.00 bits per heavy atom. The summed E-state index contributed by atoms with van der Waals surface area (Å²) in [5, 5.41) is 11.1. The van der Waals surface area contributed by atoms with Crippen LogP contribution in [0.4, 0.5) is 0 Å². The van der Waals surface area contributed by atoms with Crippen LogP contribution in [0.15, 0.2) is 25.3 Å². The molecule has 2 fully saturated rings. The summed E-state index contributed by atoms with van der Waals surface area (Å²) in [6, 6.07) is 0. The highest BCUT2D eigenvalue weighted by Gasteiger charge is 2.54. The molecule has 2 aliphatic carbocycles. The van der Waals surface area contributed by atoms with E-state index in [0.717, 1.165) is 38.5 Å². The Morgan fingerprint density at radius 3 is 1.91 bits per heavy atom. The van der Waals surface area contributed by atoms with E-state index >= 15 is 0 Å². The highest BCUT2D eigenvalue weighted by atomic mass is 16.6. The van der Waals surface area contributed by atoms with E-state index in [2.05, 4.69) is 33.9 Å². The molecule has 5 heteroatoms. The predicted molar refractivity (Wildman–Crippen MR) is 143 cm³/mol. The molecule has 0 aliphatic heterocycles. The van der Waals surface area contributed by atoms with E-state index < -0.39 is 16.6 Å². The first-order valence-corrected chi connectivity index (χ1v) is 13.4. The lowest BCUT2D eigenvalue weighted by Gasteiger charge is -2.53. The normalized spacial score (nSPS) is 37.3. The minimum absolute atomic E-state index is 0.0357. The summed E-state index contributed by atoms with van der Waals surface area (Å²) in [5.74, 6) is -0.0459. The summed E-state index contributed by atoms with van der Waals surface area (Å²) in [6.45, 7) is 25.3. The van der Waals surface area contributed by atoms with Gasteiger partial charge in [0.2, 0.25) is 0 Å². The highest BCUT2D eigenvalue weighted by Crippen LogP contribution is 2.52. The van der Waals surface area contributed by atoms with Gasteiger partial charge in [0.1, 0.15) is 11.2 Å². The zero-order valence-corrected chi connectivity index (χ0v) is 24.0. The largest absolute Gasteiger partial charge is 0.460 e. The summed E-state index contributed by atoms with van der Waals surface area (Å²) in [4.78, 5) is 23.4. The number of aliphatic hydroxyl groups is 1. The van der Waals surface area contributed by atoms with Crippen molar-refractivity contribution in [2.45, 2.75) is 130 Å². The maximum atomic E-state index is 12.1. The van der Waals surface area contributed by atoms with E-state index in [1.54, 1.807) is 6.08 Å². The molecule has 0 unspecified atom stereocenters. The van der Waals surface area contributed by atoms with Gasteiger partial charge >= 0.3 is 11.9 Å². The Kier molecular flexibility index (Phi) is 10.4. The third-order valence-electron chi connectivity index (χ3n) is 8.82. The van der Waals surface area contributed by atoms with Crippen molar-refractivity contribution in [3.8, 4) is 0 Å². The number of esters is 2. The molecule has 35 heavy (non-hydrogen) atoms. The number of ether oxygens (including phenoxy) is 2. The van der Waals surface area contributed by atoms with Crippen LogP contribution >= 0.6 is 0 Å². The summed E-state index contributed by atoms with van der Waals surface area (Å²) >= 11 is 0. The van der Waals surface area contributed by atoms with Gasteiger partial charge in [-0.25, -0.2) is 0 Å². The predicted octanol–water partition coefficient (Wildman–Crippen LogP) is 7.17. The Morgan fingerprint density at radius 2 is 1.49 bits per heavy atom.